The highest BCUT2D eigenvalue weighted by Gasteiger charge is 2.47. The zero-order valence-corrected chi connectivity index (χ0v) is 13.5. The van der Waals surface area contributed by atoms with Crippen LogP contribution in [0.15, 0.2) is 28.7 Å². The lowest BCUT2D eigenvalue weighted by atomic mass is 10.2. The van der Waals surface area contributed by atoms with Gasteiger partial charge in [0.25, 0.3) is 0 Å². The van der Waals surface area contributed by atoms with Crippen LogP contribution in [-0.2, 0) is 10.0 Å². The third kappa shape index (κ3) is 3.12. The first-order valence-corrected chi connectivity index (χ1v) is 8.96. The molecule has 1 unspecified atom stereocenters. The van der Waals surface area contributed by atoms with Gasteiger partial charge in [-0.1, -0.05) is 11.6 Å². The van der Waals surface area contributed by atoms with Gasteiger partial charge in [-0.05, 0) is 44.0 Å². The summed E-state index contributed by atoms with van der Waals surface area (Å²) in [6, 6.07) is 8.58. The van der Waals surface area contributed by atoms with E-state index < -0.39 is 21.5 Å². The Labute approximate surface area is 133 Å². The van der Waals surface area contributed by atoms with E-state index in [1.165, 1.54) is 0 Å². The second kappa shape index (κ2) is 5.27. The molecule has 1 saturated carbocycles. The number of halogens is 1. The Morgan fingerprint density at radius 3 is 2.82 bits per heavy atom. The Balaban J connectivity index is 1.78. The maximum Gasteiger partial charge on any atom is 0.213 e. The summed E-state index contributed by atoms with van der Waals surface area (Å²) in [5, 5.41) is 10.4. The molecule has 0 bridgehead atoms. The molecule has 1 aliphatic carbocycles. The van der Waals surface area contributed by atoms with Crippen LogP contribution in [0.2, 0.25) is 5.02 Å². The molecule has 1 aromatic carbocycles. The summed E-state index contributed by atoms with van der Waals surface area (Å²) in [5.74, 6) is 0.357. The number of rotatable bonds is 5. The molecule has 1 atom stereocenters. The fourth-order valence-corrected chi connectivity index (χ4v) is 4.42. The number of furan rings is 1. The van der Waals surface area contributed by atoms with Crippen LogP contribution in [0.5, 0.6) is 0 Å². The summed E-state index contributed by atoms with van der Waals surface area (Å²) in [6.07, 6.45) is 1.28. The lowest BCUT2D eigenvalue weighted by Crippen LogP contribution is -2.32. The van der Waals surface area contributed by atoms with Crippen molar-refractivity contribution in [3.63, 3.8) is 0 Å². The summed E-state index contributed by atoms with van der Waals surface area (Å²) in [7, 11) is -3.54. The van der Waals surface area contributed by atoms with Crippen LogP contribution in [0.3, 0.4) is 0 Å². The summed E-state index contributed by atoms with van der Waals surface area (Å²) in [6.45, 7) is 1.71. The average molecular weight is 339 g/mol. The van der Waals surface area contributed by atoms with E-state index in [4.69, 9.17) is 21.3 Å². The Kier molecular flexibility index (Phi) is 3.68. The molecule has 0 radical (unpaired) electrons. The SMILES string of the molecule is CC(NS(=O)(=O)CC1(C#N)CC1)c1cc2cc(Cl)ccc2o1. The first kappa shape index (κ1) is 15.3. The van der Waals surface area contributed by atoms with Gasteiger partial charge in [0.2, 0.25) is 10.0 Å². The van der Waals surface area contributed by atoms with Gasteiger partial charge in [0.1, 0.15) is 11.3 Å². The van der Waals surface area contributed by atoms with E-state index >= 15 is 0 Å². The monoisotopic (exact) mass is 338 g/mol. The van der Waals surface area contributed by atoms with Crippen molar-refractivity contribution in [1.82, 2.24) is 4.72 Å². The van der Waals surface area contributed by atoms with Gasteiger partial charge in [0.15, 0.2) is 0 Å². The lowest BCUT2D eigenvalue weighted by Gasteiger charge is -2.13. The van der Waals surface area contributed by atoms with Gasteiger partial charge in [0, 0.05) is 10.4 Å². The van der Waals surface area contributed by atoms with E-state index in [0.717, 1.165) is 5.39 Å². The Bertz CT molecular complexity index is 863. The number of nitriles is 1. The fraction of sp³-hybridized carbons (Fsp3) is 0.400. The van der Waals surface area contributed by atoms with E-state index in [-0.39, 0.29) is 5.75 Å². The minimum atomic E-state index is -3.54. The van der Waals surface area contributed by atoms with Crippen molar-refractivity contribution in [2.75, 3.05) is 5.75 Å². The molecule has 2 aromatic rings. The molecule has 22 heavy (non-hydrogen) atoms. The minimum Gasteiger partial charge on any atom is -0.459 e. The van der Waals surface area contributed by atoms with E-state index in [1.807, 2.05) is 0 Å². The molecule has 0 spiro atoms. The first-order chi connectivity index (χ1) is 10.3. The van der Waals surface area contributed by atoms with Gasteiger partial charge in [-0.3, -0.25) is 0 Å². The van der Waals surface area contributed by atoms with Gasteiger partial charge in [-0.2, -0.15) is 5.26 Å². The van der Waals surface area contributed by atoms with Crippen molar-refractivity contribution in [2.24, 2.45) is 5.41 Å². The molecule has 1 fully saturated rings. The molecule has 1 aromatic heterocycles. The molecular formula is C15H15ClN2O3S. The van der Waals surface area contributed by atoms with Crippen LogP contribution in [0.4, 0.5) is 0 Å². The standard InChI is InChI=1S/C15H15ClN2O3S/c1-10(18-22(19,20)9-15(8-17)4-5-15)14-7-11-6-12(16)2-3-13(11)21-14/h2-3,6-7,10,18H,4-5,9H2,1H3. The van der Waals surface area contributed by atoms with Gasteiger partial charge < -0.3 is 4.42 Å². The molecule has 0 saturated heterocycles. The normalized spacial score (nSPS) is 18.0. The molecule has 5 nitrogen and oxygen atoms in total. The number of sulfonamides is 1. The number of benzene rings is 1. The highest BCUT2D eigenvalue weighted by atomic mass is 35.5. The summed E-state index contributed by atoms with van der Waals surface area (Å²) in [4.78, 5) is 0. The topological polar surface area (TPSA) is 83.1 Å². The molecule has 7 heteroatoms. The van der Waals surface area contributed by atoms with Crippen LogP contribution < -0.4 is 4.72 Å². The van der Waals surface area contributed by atoms with Crippen molar-refractivity contribution < 1.29 is 12.8 Å². The third-order valence-electron chi connectivity index (χ3n) is 3.84. The number of fused-ring (bicyclic) bond motifs is 1. The van der Waals surface area contributed by atoms with Gasteiger partial charge >= 0.3 is 0 Å². The van der Waals surface area contributed by atoms with Gasteiger partial charge in [-0.25, -0.2) is 13.1 Å². The smallest absolute Gasteiger partial charge is 0.213 e. The quantitative estimate of drug-likeness (QED) is 0.905. The highest BCUT2D eigenvalue weighted by Crippen LogP contribution is 2.45. The van der Waals surface area contributed by atoms with Crippen LogP contribution in [0, 0.1) is 16.7 Å². The first-order valence-electron chi connectivity index (χ1n) is 6.93. The lowest BCUT2D eigenvalue weighted by molar-refractivity contribution is 0.482. The molecule has 3 rings (SSSR count). The van der Waals surface area contributed by atoms with Crippen molar-refractivity contribution in [3.05, 3.63) is 35.0 Å². The molecule has 1 heterocycles. The maximum absolute atomic E-state index is 12.2. The van der Waals surface area contributed by atoms with Crippen molar-refractivity contribution in [2.45, 2.75) is 25.8 Å². The number of nitrogens with one attached hydrogen (secondary N) is 1. The summed E-state index contributed by atoms with van der Waals surface area (Å²) >= 11 is 5.93. The van der Waals surface area contributed by atoms with E-state index in [9.17, 15) is 8.42 Å². The van der Waals surface area contributed by atoms with Crippen LogP contribution in [-0.4, -0.2) is 14.2 Å². The molecule has 0 amide bonds. The van der Waals surface area contributed by atoms with Crippen LogP contribution in [0.1, 0.15) is 31.6 Å². The predicted octanol–water partition coefficient (Wildman–Crippen LogP) is 3.37. The van der Waals surface area contributed by atoms with Crippen LogP contribution >= 0.6 is 11.6 Å². The Morgan fingerprint density at radius 2 is 2.18 bits per heavy atom. The third-order valence-corrected chi connectivity index (χ3v) is 5.72. The zero-order valence-electron chi connectivity index (χ0n) is 12.0. The maximum atomic E-state index is 12.2. The molecule has 1 N–H and O–H groups in total. The molecule has 116 valence electrons. The van der Waals surface area contributed by atoms with Crippen molar-refractivity contribution >= 4 is 32.6 Å². The predicted molar refractivity (Wildman–Crippen MR) is 83.8 cm³/mol. The summed E-state index contributed by atoms with van der Waals surface area (Å²) < 4.78 is 32.6. The Morgan fingerprint density at radius 1 is 1.45 bits per heavy atom. The second-order valence-electron chi connectivity index (χ2n) is 5.82. The minimum absolute atomic E-state index is 0.160. The van der Waals surface area contributed by atoms with Crippen molar-refractivity contribution in [1.29, 1.82) is 5.26 Å². The van der Waals surface area contributed by atoms with E-state index in [2.05, 4.69) is 10.8 Å². The number of hydrogen-bond acceptors (Lipinski definition) is 4. The van der Waals surface area contributed by atoms with Crippen molar-refractivity contribution in [3.8, 4) is 6.07 Å². The average Bonchev–Trinajstić information content (AvgIpc) is 3.06. The largest absolute Gasteiger partial charge is 0.459 e. The van der Waals surface area contributed by atoms with E-state index in [1.54, 1.807) is 31.2 Å². The zero-order chi connectivity index (χ0) is 16.0. The number of hydrogen-bond donors (Lipinski definition) is 1. The van der Waals surface area contributed by atoms with Crippen LogP contribution in [0.25, 0.3) is 11.0 Å². The summed E-state index contributed by atoms with van der Waals surface area (Å²) in [5.41, 5.74) is -0.0476. The van der Waals surface area contributed by atoms with Gasteiger partial charge in [-0.15, -0.1) is 0 Å². The molecule has 1 aliphatic rings. The fourth-order valence-electron chi connectivity index (χ4n) is 2.42. The van der Waals surface area contributed by atoms with E-state index in [0.29, 0.717) is 29.2 Å². The molecular weight excluding hydrogens is 324 g/mol. The highest BCUT2D eigenvalue weighted by molar-refractivity contribution is 7.89. The number of nitrogens with zero attached hydrogens (tertiary/aromatic N) is 1. The Hall–Kier alpha value is -1.55. The second-order valence-corrected chi connectivity index (χ2v) is 8.01. The molecule has 0 aliphatic heterocycles. The van der Waals surface area contributed by atoms with Gasteiger partial charge in [0.05, 0.1) is 23.3 Å².